The second kappa shape index (κ2) is 5.14. The molecule has 0 radical (unpaired) electrons. The molecule has 1 aromatic rings. The van der Waals surface area contributed by atoms with E-state index in [0.717, 1.165) is 35.7 Å². The maximum atomic E-state index is 12.3. The van der Waals surface area contributed by atoms with Gasteiger partial charge in [-0.1, -0.05) is 6.92 Å². The molecular weight excluding hydrogens is 234 g/mol. The fourth-order valence-corrected chi connectivity index (χ4v) is 3.04. The number of carbonyl (C=O) groups excluding carboxylic acids is 1. The molecule has 4 nitrogen and oxygen atoms in total. The van der Waals surface area contributed by atoms with E-state index in [1.165, 1.54) is 11.3 Å². The van der Waals surface area contributed by atoms with Crippen LogP contribution in [0.5, 0.6) is 0 Å². The van der Waals surface area contributed by atoms with Crippen LogP contribution in [0.3, 0.4) is 0 Å². The number of nitrogens with zero attached hydrogens (tertiary/aromatic N) is 2. The molecule has 1 saturated heterocycles. The minimum Gasteiger partial charge on any atom is -0.335 e. The van der Waals surface area contributed by atoms with E-state index in [0.29, 0.717) is 0 Å². The van der Waals surface area contributed by atoms with Gasteiger partial charge in [0.15, 0.2) is 0 Å². The van der Waals surface area contributed by atoms with Crippen molar-refractivity contribution in [1.82, 2.24) is 9.88 Å². The Labute approximate surface area is 106 Å². The molecule has 17 heavy (non-hydrogen) atoms. The van der Waals surface area contributed by atoms with Crippen LogP contribution in [0.1, 0.15) is 41.4 Å². The first-order chi connectivity index (χ1) is 8.11. The SMILES string of the molecule is CCc1ncc(C(=O)N2CC[C@@H](N)C[C@@H]2C)s1. The van der Waals surface area contributed by atoms with Gasteiger partial charge in [-0.25, -0.2) is 4.98 Å². The maximum Gasteiger partial charge on any atom is 0.265 e. The lowest BCUT2D eigenvalue weighted by molar-refractivity contribution is 0.0624. The molecule has 1 amide bonds. The standard InChI is InChI=1S/C12H19N3OS/c1-3-11-14-7-10(17-11)12(16)15-5-4-9(13)6-8(15)2/h7-9H,3-6,13H2,1-2H3/t8-,9+/m0/s1. The molecule has 0 bridgehead atoms. The van der Waals surface area contributed by atoms with E-state index in [2.05, 4.69) is 18.8 Å². The smallest absolute Gasteiger partial charge is 0.265 e. The van der Waals surface area contributed by atoms with E-state index in [-0.39, 0.29) is 18.0 Å². The van der Waals surface area contributed by atoms with Crippen LogP contribution in [0.25, 0.3) is 0 Å². The summed E-state index contributed by atoms with van der Waals surface area (Å²) in [4.78, 5) is 19.2. The lowest BCUT2D eigenvalue weighted by Crippen LogP contribution is -2.48. The quantitative estimate of drug-likeness (QED) is 0.872. The van der Waals surface area contributed by atoms with Gasteiger partial charge in [-0.05, 0) is 26.2 Å². The van der Waals surface area contributed by atoms with Crippen LogP contribution in [0.4, 0.5) is 0 Å². The van der Waals surface area contributed by atoms with Gasteiger partial charge >= 0.3 is 0 Å². The normalized spacial score (nSPS) is 25.0. The molecule has 0 spiro atoms. The zero-order valence-electron chi connectivity index (χ0n) is 10.3. The molecule has 2 heterocycles. The van der Waals surface area contributed by atoms with Crippen molar-refractivity contribution in [2.75, 3.05) is 6.54 Å². The largest absolute Gasteiger partial charge is 0.335 e. The molecule has 2 N–H and O–H groups in total. The second-order valence-corrected chi connectivity index (χ2v) is 5.72. The molecule has 0 aromatic carbocycles. The number of likely N-dealkylation sites (tertiary alicyclic amines) is 1. The average Bonchev–Trinajstić information content (AvgIpc) is 2.76. The first-order valence-corrected chi connectivity index (χ1v) is 6.94. The Morgan fingerprint density at radius 2 is 2.47 bits per heavy atom. The van der Waals surface area contributed by atoms with Crippen molar-refractivity contribution >= 4 is 17.2 Å². The average molecular weight is 253 g/mol. The van der Waals surface area contributed by atoms with Crippen molar-refractivity contribution in [3.05, 3.63) is 16.1 Å². The van der Waals surface area contributed by atoms with Gasteiger partial charge in [0.2, 0.25) is 0 Å². The molecule has 0 aliphatic carbocycles. The first kappa shape index (κ1) is 12.5. The van der Waals surface area contributed by atoms with Gasteiger partial charge in [-0.3, -0.25) is 4.79 Å². The predicted molar refractivity (Wildman–Crippen MR) is 69.2 cm³/mol. The monoisotopic (exact) mass is 253 g/mol. The van der Waals surface area contributed by atoms with E-state index in [4.69, 9.17) is 5.73 Å². The third-order valence-electron chi connectivity index (χ3n) is 3.24. The molecule has 1 aromatic heterocycles. The van der Waals surface area contributed by atoms with Gasteiger partial charge in [0.1, 0.15) is 4.88 Å². The van der Waals surface area contributed by atoms with Crippen LogP contribution < -0.4 is 5.73 Å². The van der Waals surface area contributed by atoms with Gasteiger partial charge in [-0.2, -0.15) is 0 Å². The molecule has 94 valence electrons. The molecular formula is C12H19N3OS. The number of aromatic nitrogens is 1. The molecule has 1 fully saturated rings. The number of thiazole rings is 1. The molecule has 5 heteroatoms. The van der Waals surface area contributed by atoms with Gasteiger partial charge in [0.25, 0.3) is 5.91 Å². The summed E-state index contributed by atoms with van der Waals surface area (Å²) in [6, 6.07) is 0.472. The molecule has 1 aliphatic heterocycles. The Morgan fingerprint density at radius 3 is 3.06 bits per heavy atom. The summed E-state index contributed by atoms with van der Waals surface area (Å²) in [7, 11) is 0. The summed E-state index contributed by atoms with van der Waals surface area (Å²) in [5, 5.41) is 1.02. The Morgan fingerprint density at radius 1 is 1.71 bits per heavy atom. The van der Waals surface area contributed by atoms with E-state index >= 15 is 0 Å². The number of aryl methyl sites for hydroxylation is 1. The van der Waals surface area contributed by atoms with E-state index in [9.17, 15) is 4.79 Å². The fourth-order valence-electron chi connectivity index (χ4n) is 2.22. The third-order valence-corrected chi connectivity index (χ3v) is 4.37. The number of piperidine rings is 1. The fraction of sp³-hybridized carbons (Fsp3) is 0.667. The number of rotatable bonds is 2. The van der Waals surface area contributed by atoms with E-state index in [1.807, 2.05) is 4.90 Å². The van der Waals surface area contributed by atoms with Gasteiger partial charge in [0.05, 0.1) is 11.2 Å². The topological polar surface area (TPSA) is 59.2 Å². The number of hydrogen-bond acceptors (Lipinski definition) is 4. The first-order valence-electron chi connectivity index (χ1n) is 6.13. The van der Waals surface area contributed by atoms with Crippen molar-refractivity contribution in [3.63, 3.8) is 0 Å². The van der Waals surface area contributed by atoms with Crippen molar-refractivity contribution in [1.29, 1.82) is 0 Å². The summed E-state index contributed by atoms with van der Waals surface area (Å²) in [6.07, 6.45) is 4.38. The van der Waals surface area contributed by atoms with E-state index in [1.54, 1.807) is 6.20 Å². The lowest BCUT2D eigenvalue weighted by atomic mass is 9.99. The second-order valence-electron chi connectivity index (χ2n) is 4.60. The van der Waals surface area contributed by atoms with Crippen LogP contribution in [0.2, 0.25) is 0 Å². The highest BCUT2D eigenvalue weighted by atomic mass is 32.1. The zero-order chi connectivity index (χ0) is 12.4. The minimum atomic E-state index is 0.113. The zero-order valence-corrected chi connectivity index (χ0v) is 11.2. The predicted octanol–water partition coefficient (Wildman–Crippen LogP) is 1.66. The number of amides is 1. The number of nitrogens with two attached hydrogens (primary N) is 1. The van der Waals surface area contributed by atoms with Crippen molar-refractivity contribution in [3.8, 4) is 0 Å². The highest BCUT2D eigenvalue weighted by Crippen LogP contribution is 2.21. The number of hydrogen-bond donors (Lipinski definition) is 1. The van der Waals surface area contributed by atoms with Gasteiger partial charge in [0, 0.05) is 18.6 Å². The Balaban J connectivity index is 2.09. The minimum absolute atomic E-state index is 0.113. The molecule has 2 rings (SSSR count). The van der Waals surface area contributed by atoms with Crippen LogP contribution >= 0.6 is 11.3 Å². The van der Waals surface area contributed by atoms with Crippen molar-refractivity contribution in [2.45, 2.75) is 45.2 Å². The molecule has 0 saturated carbocycles. The molecule has 2 atom stereocenters. The van der Waals surface area contributed by atoms with E-state index < -0.39 is 0 Å². The highest BCUT2D eigenvalue weighted by Gasteiger charge is 2.28. The van der Waals surface area contributed by atoms with Gasteiger partial charge < -0.3 is 10.6 Å². The van der Waals surface area contributed by atoms with Crippen LogP contribution in [-0.4, -0.2) is 34.4 Å². The van der Waals surface area contributed by atoms with Crippen LogP contribution in [0.15, 0.2) is 6.20 Å². The van der Waals surface area contributed by atoms with Crippen LogP contribution in [0, 0.1) is 0 Å². The summed E-state index contributed by atoms with van der Waals surface area (Å²) in [5.74, 6) is 0.113. The summed E-state index contributed by atoms with van der Waals surface area (Å²) >= 11 is 1.50. The van der Waals surface area contributed by atoms with Crippen LogP contribution in [-0.2, 0) is 6.42 Å². The molecule has 1 aliphatic rings. The third kappa shape index (κ3) is 2.66. The van der Waals surface area contributed by atoms with Gasteiger partial charge in [-0.15, -0.1) is 11.3 Å². The molecule has 0 unspecified atom stereocenters. The summed E-state index contributed by atoms with van der Waals surface area (Å²) in [5.41, 5.74) is 5.90. The summed E-state index contributed by atoms with van der Waals surface area (Å²) < 4.78 is 0. The van der Waals surface area contributed by atoms with Crippen molar-refractivity contribution in [2.24, 2.45) is 5.73 Å². The Hall–Kier alpha value is -0.940. The lowest BCUT2D eigenvalue weighted by Gasteiger charge is -2.36. The highest BCUT2D eigenvalue weighted by molar-refractivity contribution is 7.13. The Kier molecular flexibility index (Phi) is 3.79. The summed E-state index contributed by atoms with van der Waals surface area (Å²) in [6.45, 7) is 4.88. The number of carbonyl (C=O) groups is 1. The maximum absolute atomic E-state index is 12.3. The van der Waals surface area contributed by atoms with Crippen molar-refractivity contribution < 1.29 is 4.79 Å². The Bertz CT molecular complexity index is 404.